The normalized spacial score (nSPS) is 12.8. The van der Waals surface area contributed by atoms with Gasteiger partial charge in [-0.2, -0.15) is 0 Å². The number of halogens is 1. The second kappa shape index (κ2) is 5.37. The summed E-state index contributed by atoms with van der Waals surface area (Å²) in [5.41, 5.74) is 6.97. The van der Waals surface area contributed by atoms with E-state index in [1.807, 2.05) is 19.2 Å². The Hall–Kier alpha value is -0.380. The Labute approximate surface area is 87.6 Å². The predicted octanol–water partition coefficient (Wildman–Crippen LogP) is 1.71. The minimum Gasteiger partial charge on any atom is -0.330 e. The summed E-state index contributed by atoms with van der Waals surface area (Å²) >= 11 is 3.41. The van der Waals surface area contributed by atoms with E-state index in [0.29, 0.717) is 12.5 Å². The first-order chi connectivity index (χ1) is 6.27. The number of hydrogen-bond donors (Lipinski definition) is 2. The van der Waals surface area contributed by atoms with Gasteiger partial charge in [0.05, 0.1) is 0 Å². The molecule has 0 bridgehead atoms. The van der Waals surface area contributed by atoms with Gasteiger partial charge in [0, 0.05) is 23.5 Å². The largest absolute Gasteiger partial charge is 0.330 e. The topological polar surface area (TPSA) is 38.0 Å². The van der Waals surface area contributed by atoms with E-state index >= 15 is 0 Å². The van der Waals surface area contributed by atoms with Crippen LogP contribution in [0.15, 0.2) is 28.7 Å². The molecule has 0 radical (unpaired) electrons. The van der Waals surface area contributed by atoms with Gasteiger partial charge in [-0.05, 0) is 24.7 Å². The molecule has 0 saturated heterocycles. The summed E-state index contributed by atoms with van der Waals surface area (Å²) in [6.45, 7) is 1.61. The van der Waals surface area contributed by atoms with Gasteiger partial charge in [0.25, 0.3) is 0 Å². The zero-order chi connectivity index (χ0) is 9.68. The van der Waals surface area contributed by atoms with Crippen molar-refractivity contribution in [3.05, 3.63) is 34.3 Å². The number of hydrogen-bond acceptors (Lipinski definition) is 2. The van der Waals surface area contributed by atoms with E-state index in [1.165, 1.54) is 5.56 Å². The van der Waals surface area contributed by atoms with Crippen molar-refractivity contribution in [3.63, 3.8) is 0 Å². The molecule has 1 atom stereocenters. The second-order valence-electron chi connectivity index (χ2n) is 3.04. The lowest BCUT2D eigenvalue weighted by atomic mass is 9.99. The molecule has 1 unspecified atom stereocenters. The fourth-order valence-electron chi connectivity index (χ4n) is 1.32. The van der Waals surface area contributed by atoms with Crippen LogP contribution in [0.25, 0.3) is 0 Å². The number of nitrogens with two attached hydrogens (primary N) is 1. The van der Waals surface area contributed by atoms with Crippen molar-refractivity contribution in [2.75, 3.05) is 20.1 Å². The summed E-state index contributed by atoms with van der Waals surface area (Å²) in [6, 6.07) is 8.32. The van der Waals surface area contributed by atoms with E-state index in [-0.39, 0.29) is 0 Å². The number of rotatable bonds is 4. The minimum atomic E-state index is 0.415. The molecule has 0 aliphatic rings. The monoisotopic (exact) mass is 242 g/mol. The fraction of sp³-hybridized carbons (Fsp3) is 0.400. The Morgan fingerprint density at radius 1 is 1.38 bits per heavy atom. The highest BCUT2D eigenvalue weighted by atomic mass is 79.9. The molecule has 1 aromatic rings. The molecule has 3 heteroatoms. The Morgan fingerprint density at radius 3 is 2.46 bits per heavy atom. The second-order valence-corrected chi connectivity index (χ2v) is 3.96. The predicted molar refractivity (Wildman–Crippen MR) is 59.9 cm³/mol. The van der Waals surface area contributed by atoms with Crippen LogP contribution < -0.4 is 11.1 Å². The Kier molecular flexibility index (Phi) is 4.42. The van der Waals surface area contributed by atoms with E-state index in [1.54, 1.807) is 0 Å². The molecule has 0 heterocycles. The third kappa shape index (κ3) is 3.10. The van der Waals surface area contributed by atoms with E-state index in [4.69, 9.17) is 5.73 Å². The Morgan fingerprint density at radius 2 is 2.00 bits per heavy atom. The van der Waals surface area contributed by atoms with Crippen LogP contribution in [0.3, 0.4) is 0 Å². The van der Waals surface area contributed by atoms with Crippen LogP contribution in [0.4, 0.5) is 0 Å². The third-order valence-corrected chi connectivity index (χ3v) is 2.61. The van der Waals surface area contributed by atoms with Crippen molar-refractivity contribution in [2.24, 2.45) is 5.73 Å². The maximum atomic E-state index is 5.68. The molecule has 1 rings (SSSR count). The number of benzene rings is 1. The van der Waals surface area contributed by atoms with Crippen molar-refractivity contribution in [1.29, 1.82) is 0 Å². The van der Waals surface area contributed by atoms with Gasteiger partial charge in [-0.25, -0.2) is 0 Å². The molecule has 0 aromatic heterocycles. The highest BCUT2D eigenvalue weighted by molar-refractivity contribution is 9.10. The molecule has 0 aliphatic carbocycles. The van der Waals surface area contributed by atoms with Crippen LogP contribution in [0.5, 0.6) is 0 Å². The smallest absolute Gasteiger partial charge is 0.0175 e. The summed E-state index contributed by atoms with van der Waals surface area (Å²) in [5.74, 6) is 0.415. The lowest BCUT2D eigenvalue weighted by Crippen LogP contribution is -2.23. The standard InChI is InChI=1S/C10H15BrN2/c1-13-7-9(6-12)8-2-4-10(11)5-3-8/h2-5,9,13H,6-7,12H2,1H3. The Bertz CT molecular complexity index is 246. The molecule has 0 saturated carbocycles. The van der Waals surface area contributed by atoms with Gasteiger partial charge in [0.2, 0.25) is 0 Å². The summed E-state index contributed by atoms with van der Waals surface area (Å²) < 4.78 is 1.11. The van der Waals surface area contributed by atoms with Crippen LogP contribution in [0.2, 0.25) is 0 Å². The number of likely N-dealkylation sites (N-methyl/N-ethyl adjacent to an activating group) is 1. The molecule has 0 spiro atoms. The highest BCUT2D eigenvalue weighted by Crippen LogP contribution is 2.17. The average Bonchev–Trinajstić information content (AvgIpc) is 2.16. The molecular formula is C10H15BrN2. The lowest BCUT2D eigenvalue weighted by Gasteiger charge is -2.14. The van der Waals surface area contributed by atoms with Gasteiger partial charge in [-0.1, -0.05) is 28.1 Å². The van der Waals surface area contributed by atoms with Crippen molar-refractivity contribution in [2.45, 2.75) is 5.92 Å². The fourth-order valence-corrected chi connectivity index (χ4v) is 1.58. The van der Waals surface area contributed by atoms with Crippen molar-refractivity contribution < 1.29 is 0 Å². The highest BCUT2D eigenvalue weighted by Gasteiger charge is 2.07. The minimum absolute atomic E-state index is 0.415. The third-order valence-electron chi connectivity index (χ3n) is 2.08. The van der Waals surface area contributed by atoms with Gasteiger partial charge >= 0.3 is 0 Å². The molecule has 13 heavy (non-hydrogen) atoms. The first kappa shape index (κ1) is 10.7. The SMILES string of the molecule is CNCC(CN)c1ccc(Br)cc1. The summed E-state index contributed by atoms with van der Waals surface area (Å²) in [6.07, 6.45) is 0. The molecule has 3 N–H and O–H groups in total. The van der Waals surface area contributed by atoms with Crippen molar-refractivity contribution in [1.82, 2.24) is 5.32 Å². The van der Waals surface area contributed by atoms with Crippen LogP contribution >= 0.6 is 15.9 Å². The van der Waals surface area contributed by atoms with Gasteiger partial charge in [-0.15, -0.1) is 0 Å². The molecule has 2 nitrogen and oxygen atoms in total. The Balaban J connectivity index is 2.73. The van der Waals surface area contributed by atoms with Crippen LogP contribution in [0.1, 0.15) is 11.5 Å². The first-order valence-corrected chi connectivity index (χ1v) is 5.17. The quantitative estimate of drug-likeness (QED) is 0.844. The van der Waals surface area contributed by atoms with Gasteiger partial charge < -0.3 is 11.1 Å². The molecule has 0 aliphatic heterocycles. The van der Waals surface area contributed by atoms with Crippen molar-refractivity contribution >= 4 is 15.9 Å². The maximum Gasteiger partial charge on any atom is 0.0175 e. The number of nitrogens with one attached hydrogen (secondary N) is 1. The van der Waals surface area contributed by atoms with Crippen LogP contribution in [0, 0.1) is 0 Å². The van der Waals surface area contributed by atoms with Gasteiger partial charge in [0.1, 0.15) is 0 Å². The van der Waals surface area contributed by atoms with Crippen LogP contribution in [-0.4, -0.2) is 20.1 Å². The summed E-state index contributed by atoms with van der Waals surface area (Å²) in [5, 5.41) is 3.14. The molecule has 1 aromatic carbocycles. The van der Waals surface area contributed by atoms with Gasteiger partial charge in [0.15, 0.2) is 0 Å². The van der Waals surface area contributed by atoms with Crippen LogP contribution in [-0.2, 0) is 0 Å². The molecular weight excluding hydrogens is 228 g/mol. The average molecular weight is 243 g/mol. The summed E-state index contributed by atoms with van der Waals surface area (Å²) in [7, 11) is 1.95. The molecule has 0 fully saturated rings. The zero-order valence-corrected chi connectivity index (χ0v) is 9.34. The lowest BCUT2D eigenvalue weighted by molar-refractivity contribution is 0.637. The van der Waals surface area contributed by atoms with E-state index < -0.39 is 0 Å². The van der Waals surface area contributed by atoms with Gasteiger partial charge in [-0.3, -0.25) is 0 Å². The molecule has 72 valence electrons. The molecule has 0 amide bonds. The maximum absolute atomic E-state index is 5.68. The van der Waals surface area contributed by atoms with Crippen molar-refractivity contribution in [3.8, 4) is 0 Å². The van der Waals surface area contributed by atoms with E-state index in [0.717, 1.165) is 11.0 Å². The van der Waals surface area contributed by atoms with E-state index in [9.17, 15) is 0 Å². The van der Waals surface area contributed by atoms with E-state index in [2.05, 4.69) is 33.4 Å². The first-order valence-electron chi connectivity index (χ1n) is 4.38. The zero-order valence-electron chi connectivity index (χ0n) is 7.76. The summed E-state index contributed by atoms with van der Waals surface area (Å²) in [4.78, 5) is 0.